The van der Waals surface area contributed by atoms with E-state index in [9.17, 15) is 4.79 Å². The largest absolute Gasteiger partial charge is 0.382 e. The second-order valence-corrected chi connectivity index (χ2v) is 8.91. The molecular formula is C23H28N8O. The molecule has 3 aromatic rings. The molecule has 1 amide bonds. The van der Waals surface area contributed by atoms with Crippen molar-refractivity contribution in [3.05, 3.63) is 47.4 Å². The Morgan fingerprint density at radius 2 is 2.06 bits per heavy atom. The lowest BCUT2D eigenvalue weighted by Gasteiger charge is -2.28. The van der Waals surface area contributed by atoms with Crippen LogP contribution < -0.4 is 11.1 Å². The second kappa shape index (κ2) is 7.90. The Morgan fingerprint density at radius 1 is 1.25 bits per heavy atom. The monoisotopic (exact) mass is 432 g/mol. The summed E-state index contributed by atoms with van der Waals surface area (Å²) >= 11 is 0. The van der Waals surface area contributed by atoms with Crippen LogP contribution in [0.1, 0.15) is 34.3 Å². The maximum absolute atomic E-state index is 12.3. The van der Waals surface area contributed by atoms with Gasteiger partial charge in [-0.25, -0.2) is 14.6 Å². The molecule has 0 spiro atoms. The van der Waals surface area contributed by atoms with Gasteiger partial charge in [0.2, 0.25) is 0 Å². The summed E-state index contributed by atoms with van der Waals surface area (Å²) in [4.78, 5) is 25.2. The Labute approximate surface area is 187 Å². The number of hydrogen-bond donors (Lipinski definition) is 2. The first-order chi connectivity index (χ1) is 15.4. The zero-order valence-corrected chi connectivity index (χ0v) is 18.7. The van der Waals surface area contributed by atoms with Crippen LogP contribution in [0.4, 0.5) is 11.5 Å². The number of benzene rings is 1. The zero-order valence-electron chi connectivity index (χ0n) is 18.7. The molecule has 9 nitrogen and oxygen atoms in total. The van der Waals surface area contributed by atoms with Crippen molar-refractivity contribution in [1.29, 1.82) is 0 Å². The Kier molecular flexibility index (Phi) is 5.05. The van der Waals surface area contributed by atoms with Crippen molar-refractivity contribution >= 4 is 17.4 Å². The summed E-state index contributed by atoms with van der Waals surface area (Å²) < 4.78 is 1.51. The Balaban J connectivity index is 1.54. The fraction of sp³-hybridized carbons (Fsp3) is 0.391. The van der Waals surface area contributed by atoms with Crippen molar-refractivity contribution in [2.24, 2.45) is 0 Å². The summed E-state index contributed by atoms with van der Waals surface area (Å²) in [6.45, 7) is 1.97. The number of carbonyl (C=O) groups is 1. The van der Waals surface area contributed by atoms with Crippen LogP contribution in [0.25, 0.3) is 17.1 Å². The van der Waals surface area contributed by atoms with Crippen molar-refractivity contribution in [2.45, 2.75) is 31.8 Å². The van der Waals surface area contributed by atoms with Gasteiger partial charge in [-0.2, -0.15) is 5.10 Å². The third kappa shape index (κ3) is 3.91. The topological polar surface area (TPSA) is 105 Å². The van der Waals surface area contributed by atoms with Crippen LogP contribution >= 0.6 is 0 Å². The molecule has 1 aromatic carbocycles. The van der Waals surface area contributed by atoms with Gasteiger partial charge < -0.3 is 20.9 Å². The van der Waals surface area contributed by atoms with E-state index in [4.69, 9.17) is 10.7 Å². The first-order valence-electron chi connectivity index (χ1n) is 10.9. The lowest BCUT2D eigenvalue weighted by molar-refractivity contribution is 0.0827. The minimum atomic E-state index is -0.131. The van der Waals surface area contributed by atoms with Gasteiger partial charge in [0, 0.05) is 50.7 Å². The van der Waals surface area contributed by atoms with E-state index in [0.717, 1.165) is 30.8 Å². The van der Waals surface area contributed by atoms with Gasteiger partial charge in [0.15, 0.2) is 11.6 Å². The van der Waals surface area contributed by atoms with Gasteiger partial charge in [-0.15, -0.1) is 0 Å². The predicted octanol–water partition coefficient (Wildman–Crippen LogP) is 2.18. The van der Waals surface area contributed by atoms with E-state index < -0.39 is 0 Å². The number of amides is 1. The van der Waals surface area contributed by atoms with Crippen LogP contribution in [0.15, 0.2) is 30.7 Å². The highest BCUT2D eigenvalue weighted by Crippen LogP contribution is 2.35. The maximum atomic E-state index is 12.3. The average Bonchev–Trinajstić information content (AvgIpc) is 3.45. The van der Waals surface area contributed by atoms with E-state index in [2.05, 4.69) is 39.5 Å². The van der Waals surface area contributed by atoms with Crippen molar-refractivity contribution < 1.29 is 4.79 Å². The van der Waals surface area contributed by atoms with Crippen molar-refractivity contribution in [1.82, 2.24) is 29.5 Å². The number of nitrogens with zero attached hydrogens (tertiary/aromatic N) is 6. The Bertz CT molecular complexity index is 1180. The van der Waals surface area contributed by atoms with Crippen molar-refractivity contribution in [3.8, 4) is 17.1 Å². The van der Waals surface area contributed by atoms with Crippen LogP contribution in [0.3, 0.4) is 0 Å². The lowest BCUT2D eigenvalue weighted by atomic mass is 9.94. The van der Waals surface area contributed by atoms with Gasteiger partial charge >= 0.3 is 0 Å². The molecule has 2 aliphatic rings. The van der Waals surface area contributed by atoms with Crippen LogP contribution in [0.2, 0.25) is 0 Å². The molecule has 0 saturated heterocycles. The normalized spacial score (nSPS) is 16.0. The minimum Gasteiger partial charge on any atom is -0.382 e. The van der Waals surface area contributed by atoms with E-state index in [1.165, 1.54) is 45.4 Å². The third-order valence-electron chi connectivity index (χ3n) is 5.99. The van der Waals surface area contributed by atoms with Crippen LogP contribution in [0, 0.1) is 0 Å². The standard InChI is InChI=1S/C23H28N8O/c1-29(2)23(32)16-10-26-31(13-16)22-21(24)25-11-20(28-22)14-8-15-12-30(3)7-6-18(15)19(9-14)27-17-4-5-17/h8-11,13,17,27H,4-7,12H2,1-3H3,(H2,24,25). The van der Waals surface area contributed by atoms with Gasteiger partial charge in [-0.3, -0.25) is 4.79 Å². The van der Waals surface area contributed by atoms with Gasteiger partial charge in [0.25, 0.3) is 5.91 Å². The van der Waals surface area contributed by atoms with E-state index >= 15 is 0 Å². The molecule has 32 heavy (non-hydrogen) atoms. The molecule has 1 aliphatic carbocycles. The van der Waals surface area contributed by atoms with Crippen LogP contribution in [-0.2, 0) is 13.0 Å². The molecular weight excluding hydrogens is 404 g/mol. The molecule has 1 saturated carbocycles. The average molecular weight is 433 g/mol. The molecule has 1 fully saturated rings. The number of nitrogens with two attached hydrogens (primary N) is 1. The molecule has 0 unspecified atom stereocenters. The first kappa shape index (κ1) is 20.4. The first-order valence-corrected chi connectivity index (χ1v) is 10.9. The summed E-state index contributed by atoms with van der Waals surface area (Å²) in [6.07, 6.45) is 8.33. The van der Waals surface area contributed by atoms with Gasteiger partial charge in [-0.05, 0) is 49.6 Å². The lowest BCUT2D eigenvalue weighted by Crippen LogP contribution is -2.27. The van der Waals surface area contributed by atoms with E-state index in [0.29, 0.717) is 17.4 Å². The smallest absolute Gasteiger partial charge is 0.256 e. The number of rotatable bonds is 5. The summed E-state index contributed by atoms with van der Waals surface area (Å²) in [5.41, 5.74) is 12.2. The fourth-order valence-corrected chi connectivity index (χ4v) is 4.07. The summed E-state index contributed by atoms with van der Waals surface area (Å²) in [5.74, 6) is 0.537. The van der Waals surface area contributed by atoms with E-state index in [-0.39, 0.29) is 11.7 Å². The zero-order chi connectivity index (χ0) is 22.4. The molecule has 0 bridgehead atoms. The summed E-state index contributed by atoms with van der Waals surface area (Å²) in [7, 11) is 5.56. The number of hydrogen-bond acceptors (Lipinski definition) is 7. The number of nitrogen functional groups attached to an aromatic ring is 1. The number of aromatic nitrogens is 4. The minimum absolute atomic E-state index is 0.131. The highest BCUT2D eigenvalue weighted by Gasteiger charge is 2.25. The van der Waals surface area contributed by atoms with Gasteiger partial charge in [0.1, 0.15) is 0 Å². The summed E-state index contributed by atoms with van der Waals surface area (Å²) in [5, 5.41) is 8.00. The molecule has 5 rings (SSSR count). The Hall–Kier alpha value is -3.46. The van der Waals surface area contributed by atoms with Crippen molar-refractivity contribution in [2.75, 3.05) is 38.7 Å². The number of carbonyl (C=O) groups excluding carboxylic acids is 1. The molecule has 0 radical (unpaired) electrons. The van der Waals surface area contributed by atoms with Crippen molar-refractivity contribution in [3.63, 3.8) is 0 Å². The highest BCUT2D eigenvalue weighted by molar-refractivity contribution is 5.93. The van der Waals surface area contributed by atoms with Gasteiger partial charge in [-0.1, -0.05) is 0 Å². The quantitative estimate of drug-likeness (QED) is 0.637. The van der Waals surface area contributed by atoms with Crippen LogP contribution in [0.5, 0.6) is 0 Å². The maximum Gasteiger partial charge on any atom is 0.256 e. The molecule has 9 heteroatoms. The van der Waals surface area contributed by atoms with Gasteiger partial charge in [0.05, 0.1) is 23.7 Å². The predicted molar refractivity (Wildman–Crippen MR) is 124 cm³/mol. The SMILES string of the molecule is CN1CCc2c(cc(-c3cnc(N)c(-n4cc(C(=O)N(C)C)cn4)n3)cc2NC2CC2)C1. The number of anilines is 2. The van der Waals surface area contributed by atoms with Crippen LogP contribution in [-0.4, -0.2) is 69.2 Å². The number of nitrogens with one attached hydrogen (secondary N) is 1. The Morgan fingerprint density at radius 3 is 2.81 bits per heavy atom. The fourth-order valence-electron chi connectivity index (χ4n) is 4.07. The molecule has 3 N–H and O–H groups in total. The van der Waals surface area contributed by atoms with E-state index in [1.807, 2.05) is 0 Å². The number of fused-ring (bicyclic) bond motifs is 1. The molecule has 3 heterocycles. The molecule has 166 valence electrons. The molecule has 2 aromatic heterocycles. The van der Waals surface area contributed by atoms with E-state index in [1.54, 1.807) is 26.5 Å². The molecule has 1 aliphatic heterocycles. The third-order valence-corrected chi connectivity index (χ3v) is 5.99. The number of likely N-dealkylation sites (N-methyl/N-ethyl adjacent to an activating group) is 1. The summed E-state index contributed by atoms with van der Waals surface area (Å²) in [6, 6.07) is 4.95. The molecule has 0 atom stereocenters. The second-order valence-electron chi connectivity index (χ2n) is 8.91. The highest BCUT2D eigenvalue weighted by atomic mass is 16.2.